The molecule has 0 atom stereocenters. The SMILES string of the molecule is CCOc1ccc2nc(NC(N)=[NH+]C(=S)Nc3cccc(OC)c3)nc(C)c2c1. The van der Waals surface area contributed by atoms with Crippen molar-refractivity contribution in [3.63, 3.8) is 0 Å². The van der Waals surface area contributed by atoms with Crippen LogP contribution in [0.15, 0.2) is 42.5 Å². The monoisotopic (exact) mass is 411 g/mol. The lowest BCUT2D eigenvalue weighted by Gasteiger charge is -2.08. The summed E-state index contributed by atoms with van der Waals surface area (Å²) in [5.41, 5.74) is 8.39. The molecular weight excluding hydrogens is 388 g/mol. The smallest absolute Gasteiger partial charge is 0.312 e. The van der Waals surface area contributed by atoms with Gasteiger partial charge in [0.1, 0.15) is 11.5 Å². The van der Waals surface area contributed by atoms with Gasteiger partial charge in [0.2, 0.25) is 0 Å². The Labute approximate surface area is 174 Å². The van der Waals surface area contributed by atoms with Gasteiger partial charge >= 0.3 is 5.96 Å². The summed E-state index contributed by atoms with van der Waals surface area (Å²) in [6, 6.07) is 13.1. The fourth-order valence-electron chi connectivity index (χ4n) is 2.71. The van der Waals surface area contributed by atoms with Crippen molar-refractivity contribution in [2.24, 2.45) is 5.73 Å². The van der Waals surface area contributed by atoms with Crippen LogP contribution in [0, 0.1) is 6.92 Å². The molecule has 0 radical (unpaired) electrons. The molecule has 3 aromatic rings. The molecule has 0 aliphatic heterocycles. The number of anilines is 2. The third-order valence-electron chi connectivity index (χ3n) is 3.99. The quantitative estimate of drug-likeness (QED) is 0.285. The summed E-state index contributed by atoms with van der Waals surface area (Å²) in [6.45, 7) is 4.45. The van der Waals surface area contributed by atoms with E-state index < -0.39 is 0 Å². The Morgan fingerprint density at radius 2 is 1.97 bits per heavy atom. The summed E-state index contributed by atoms with van der Waals surface area (Å²) in [6.07, 6.45) is 0. The first kappa shape index (κ1) is 20.3. The maximum absolute atomic E-state index is 6.02. The Morgan fingerprint density at radius 1 is 1.14 bits per heavy atom. The molecule has 29 heavy (non-hydrogen) atoms. The van der Waals surface area contributed by atoms with Crippen LogP contribution in [-0.2, 0) is 0 Å². The number of nitrogens with one attached hydrogen (secondary N) is 3. The van der Waals surface area contributed by atoms with E-state index in [1.165, 1.54) is 0 Å². The molecule has 9 heteroatoms. The third-order valence-corrected chi connectivity index (χ3v) is 4.20. The molecule has 0 fully saturated rings. The van der Waals surface area contributed by atoms with E-state index in [4.69, 9.17) is 27.4 Å². The van der Waals surface area contributed by atoms with Crippen LogP contribution >= 0.6 is 12.2 Å². The van der Waals surface area contributed by atoms with E-state index in [-0.39, 0.29) is 5.96 Å². The summed E-state index contributed by atoms with van der Waals surface area (Å²) in [7, 11) is 1.61. The van der Waals surface area contributed by atoms with Crippen LogP contribution in [0.25, 0.3) is 10.9 Å². The number of ether oxygens (including phenoxy) is 2. The van der Waals surface area contributed by atoms with Crippen LogP contribution in [0.5, 0.6) is 11.5 Å². The highest BCUT2D eigenvalue weighted by atomic mass is 32.1. The summed E-state index contributed by atoms with van der Waals surface area (Å²) in [4.78, 5) is 11.8. The van der Waals surface area contributed by atoms with Crippen molar-refractivity contribution in [2.45, 2.75) is 13.8 Å². The standard InChI is InChI=1S/C20H22N6O2S/c1-4-28-15-8-9-17-16(11-15)12(2)22-19(24-17)25-18(21)26-20(29)23-13-6-5-7-14(10-13)27-3/h5-11H,4H2,1-3H3,(H4,21,22,23,24,25,26,29)/p+1. The molecule has 2 aromatic carbocycles. The maximum atomic E-state index is 6.02. The van der Waals surface area contributed by atoms with E-state index in [1.807, 2.05) is 56.3 Å². The molecule has 0 bridgehead atoms. The summed E-state index contributed by atoms with van der Waals surface area (Å²) in [5, 5.41) is 7.21. The van der Waals surface area contributed by atoms with Gasteiger partial charge in [-0.25, -0.2) is 20.3 Å². The van der Waals surface area contributed by atoms with Crippen LogP contribution in [0.4, 0.5) is 11.6 Å². The Morgan fingerprint density at radius 3 is 2.72 bits per heavy atom. The molecule has 0 spiro atoms. The van der Waals surface area contributed by atoms with E-state index >= 15 is 0 Å². The van der Waals surface area contributed by atoms with Crippen molar-refractivity contribution >= 4 is 45.8 Å². The Hall–Kier alpha value is -3.46. The first-order valence-electron chi connectivity index (χ1n) is 9.01. The average Bonchev–Trinajstić information content (AvgIpc) is 2.68. The van der Waals surface area contributed by atoms with Gasteiger partial charge in [0.05, 0.1) is 30.6 Å². The van der Waals surface area contributed by atoms with Gasteiger partial charge in [-0.05, 0) is 56.4 Å². The van der Waals surface area contributed by atoms with Gasteiger partial charge < -0.3 is 15.2 Å². The predicted molar refractivity (Wildman–Crippen MR) is 118 cm³/mol. The first-order valence-corrected chi connectivity index (χ1v) is 9.42. The zero-order valence-electron chi connectivity index (χ0n) is 16.4. The molecule has 1 aromatic heterocycles. The summed E-state index contributed by atoms with van der Waals surface area (Å²) < 4.78 is 10.7. The number of nitrogens with zero attached hydrogens (tertiary/aromatic N) is 2. The highest BCUT2D eigenvalue weighted by Crippen LogP contribution is 2.22. The van der Waals surface area contributed by atoms with E-state index in [9.17, 15) is 0 Å². The fraction of sp³-hybridized carbons (Fsp3) is 0.200. The largest absolute Gasteiger partial charge is 0.497 e. The lowest BCUT2D eigenvalue weighted by Crippen LogP contribution is -2.82. The van der Waals surface area contributed by atoms with Gasteiger partial charge in [-0.2, -0.15) is 0 Å². The zero-order chi connectivity index (χ0) is 20.8. The molecule has 1 heterocycles. The topological polar surface area (TPSA) is 108 Å². The lowest BCUT2D eigenvalue weighted by atomic mass is 10.2. The molecule has 150 valence electrons. The van der Waals surface area contributed by atoms with Crippen molar-refractivity contribution in [1.29, 1.82) is 0 Å². The molecule has 5 N–H and O–H groups in total. The molecule has 0 aliphatic carbocycles. The molecule has 0 amide bonds. The predicted octanol–water partition coefficient (Wildman–Crippen LogP) is 1.55. The van der Waals surface area contributed by atoms with E-state index in [0.29, 0.717) is 17.7 Å². The number of fused-ring (bicyclic) bond motifs is 1. The minimum Gasteiger partial charge on any atom is -0.497 e. The van der Waals surface area contributed by atoms with E-state index in [2.05, 4.69) is 25.6 Å². The minimum absolute atomic E-state index is 0.204. The second kappa shape index (κ2) is 9.16. The summed E-state index contributed by atoms with van der Waals surface area (Å²) in [5.74, 6) is 2.08. The van der Waals surface area contributed by atoms with Gasteiger partial charge in [-0.1, -0.05) is 6.07 Å². The highest BCUT2D eigenvalue weighted by Gasteiger charge is 2.10. The second-order valence-electron chi connectivity index (χ2n) is 6.09. The van der Waals surface area contributed by atoms with Crippen LogP contribution < -0.4 is 30.8 Å². The van der Waals surface area contributed by atoms with Crippen molar-refractivity contribution < 1.29 is 14.5 Å². The molecular formula is C20H23N6O2S+. The van der Waals surface area contributed by atoms with Crippen LogP contribution in [-0.4, -0.2) is 34.8 Å². The Bertz CT molecular complexity index is 1070. The number of hydrogen-bond donors (Lipinski definition) is 4. The van der Waals surface area contributed by atoms with Crippen molar-refractivity contribution in [3.05, 3.63) is 48.2 Å². The lowest BCUT2D eigenvalue weighted by molar-refractivity contribution is -0.311. The molecule has 0 aliphatic rings. The fourth-order valence-corrected chi connectivity index (χ4v) is 2.94. The van der Waals surface area contributed by atoms with Gasteiger partial charge in [0.15, 0.2) is 0 Å². The Kier molecular flexibility index (Phi) is 6.40. The first-order chi connectivity index (χ1) is 14.0. The van der Waals surface area contributed by atoms with Crippen LogP contribution in [0.3, 0.4) is 0 Å². The zero-order valence-corrected chi connectivity index (χ0v) is 17.3. The number of nitrogens with two attached hydrogens (primary N) is 1. The summed E-state index contributed by atoms with van der Waals surface area (Å²) >= 11 is 5.29. The second-order valence-corrected chi connectivity index (χ2v) is 6.50. The number of guanidine groups is 1. The number of aryl methyl sites for hydroxylation is 1. The van der Waals surface area contributed by atoms with Crippen molar-refractivity contribution in [1.82, 2.24) is 9.97 Å². The number of rotatable bonds is 5. The van der Waals surface area contributed by atoms with Crippen molar-refractivity contribution in [2.75, 3.05) is 24.4 Å². The highest BCUT2D eigenvalue weighted by molar-refractivity contribution is 7.80. The van der Waals surface area contributed by atoms with Crippen LogP contribution in [0.2, 0.25) is 0 Å². The minimum atomic E-state index is 0.204. The molecule has 3 rings (SSSR count). The molecule has 0 saturated heterocycles. The number of benzene rings is 2. The average molecular weight is 412 g/mol. The molecule has 8 nitrogen and oxygen atoms in total. The number of thiocarbonyl (C=S) groups is 1. The molecule has 0 unspecified atom stereocenters. The maximum Gasteiger partial charge on any atom is 0.312 e. The van der Waals surface area contributed by atoms with Gasteiger partial charge in [0.25, 0.3) is 11.1 Å². The van der Waals surface area contributed by atoms with Gasteiger partial charge in [0, 0.05) is 11.5 Å². The van der Waals surface area contributed by atoms with Crippen molar-refractivity contribution in [3.8, 4) is 11.5 Å². The third kappa shape index (κ3) is 5.29. The van der Waals surface area contributed by atoms with E-state index in [1.54, 1.807) is 7.11 Å². The van der Waals surface area contributed by atoms with Gasteiger partial charge in [-0.15, -0.1) is 0 Å². The van der Waals surface area contributed by atoms with Gasteiger partial charge in [-0.3, -0.25) is 5.32 Å². The molecule has 0 saturated carbocycles. The Balaban J connectivity index is 1.73. The number of hydrogen-bond acceptors (Lipinski definition) is 5. The number of aromatic nitrogens is 2. The number of methoxy groups -OCH3 is 1. The normalized spacial score (nSPS) is 11.2. The van der Waals surface area contributed by atoms with E-state index in [0.717, 1.165) is 33.8 Å². The van der Waals surface area contributed by atoms with Crippen LogP contribution in [0.1, 0.15) is 12.6 Å².